The van der Waals surface area contributed by atoms with Crippen molar-refractivity contribution in [1.82, 2.24) is 14.5 Å². The minimum Gasteiger partial charge on any atom is -0.335 e. The van der Waals surface area contributed by atoms with Crippen LogP contribution in [0.2, 0.25) is 10.0 Å². The molecule has 1 heterocycles. The van der Waals surface area contributed by atoms with Gasteiger partial charge in [-0.15, -0.1) is 0 Å². The monoisotopic (exact) mass is 393 g/mol. The Hall–Kier alpha value is -1.73. The average molecular weight is 394 g/mol. The molecule has 9 heteroatoms. The molecule has 2 aromatic rings. The number of benzene rings is 1. The number of rotatable bonds is 4. The summed E-state index contributed by atoms with van der Waals surface area (Å²) < 4.78 is 41.8. The highest BCUT2D eigenvalue weighted by molar-refractivity contribution is 6.37. The van der Waals surface area contributed by atoms with Crippen molar-refractivity contribution in [2.75, 3.05) is 6.54 Å². The van der Waals surface area contributed by atoms with E-state index in [-0.39, 0.29) is 28.3 Å². The fourth-order valence-corrected chi connectivity index (χ4v) is 3.12. The topological polar surface area (TPSA) is 38.1 Å². The molecule has 4 nitrogen and oxygen atoms in total. The zero-order valence-electron chi connectivity index (χ0n) is 13.7. The van der Waals surface area contributed by atoms with Crippen LogP contribution in [-0.4, -0.2) is 32.9 Å². The normalized spacial score (nSPS) is 11.9. The number of imidazole rings is 1. The smallest absolute Gasteiger partial charge is 0.335 e. The van der Waals surface area contributed by atoms with Gasteiger partial charge in [-0.1, -0.05) is 29.3 Å². The summed E-state index contributed by atoms with van der Waals surface area (Å²) >= 11 is 12.0. The van der Waals surface area contributed by atoms with Crippen molar-refractivity contribution in [3.05, 3.63) is 46.0 Å². The van der Waals surface area contributed by atoms with E-state index in [0.717, 1.165) is 6.33 Å². The van der Waals surface area contributed by atoms with Crippen LogP contribution in [0.15, 0.2) is 24.5 Å². The summed E-state index contributed by atoms with van der Waals surface area (Å²) in [4.78, 5) is 17.6. The molecule has 0 aliphatic carbocycles. The average Bonchev–Trinajstić information content (AvgIpc) is 2.92. The molecule has 0 spiro atoms. The molecule has 0 bridgehead atoms. The summed E-state index contributed by atoms with van der Waals surface area (Å²) in [5.41, 5.74) is -1.96. The zero-order valence-corrected chi connectivity index (χ0v) is 15.2. The van der Waals surface area contributed by atoms with Gasteiger partial charge in [-0.2, -0.15) is 13.2 Å². The summed E-state index contributed by atoms with van der Waals surface area (Å²) in [5.74, 6) is -0.799. The van der Waals surface area contributed by atoms with Crippen LogP contribution >= 0.6 is 23.2 Å². The van der Waals surface area contributed by atoms with Gasteiger partial charge in [-0.05, 0) is 32.9 Å². The second-order valence-corrected chi connectivity index (χ2v) is 6.38. The zero-order chi connectivity index (χ0) is 18.9. The lowest BCUT2D eigenvalue weighted by atomic mass is 10.2. The van der Waals surface area contributed by atoms with Crippen molar-refractivity contribution in [3.63, 3.8) is 0 Å². The SMILES string of the molecule is CCN(C(=O)c1ncn(-c2c(Cl)cccc2Cl)c1C(F)(F)F)C(C)C. The van der Waals surface area contributed by atoms with Crippen molar-refractivity contribution in [3.8, 4) is 5.69 Å². The predicted molar refractivity (Wildman–Crippen MR) is 90.4 cm³/mol. The van der Waals surface area contributed by atoms with Gasteiger partial charge in [0.2, 0.25) is 0 Å². The second kappa shape index (κ2) is 7.25. The fraction of sp³-hybridized carbons (Fsp3) is 0.375. The Balaban J connectivity index is 2.71. The van der Waals surface area contributed by atoms with Crippen molar-refractivity contribution in [1.29, 1.82) is 0 Å². The molecule has 0 aliphatic rings. The summed E-state index contributed by atoms with van der Waals surface area (Å²) in [5, 5.41) is 0.0382. The van der Waals surface area contributed by atoms with Crippen LogP contribution in [0.4, 0.5) is 13.2 Å². The highest BCUT2D eigenvalue weighted by Crippen LogP contribution is 2.37. The third-order valence-corrected chi connectivity index (χ3v) is 4.25. The van der Waals surface area contributed by atoms with Crippen molar-refractivity contribution >= 4 is 29.1 Å². The van der Waals surface area contributed by atoms with Crippen LogP contribution in [0, 0.1) is 0 Å². The van der Waals surface area contributed by atoms with Crippen LogP contribution in [0.25, 0.3) is 5.69 Å². The Kier molecular flexibility index (Phi) is 5.68. The van der Waals surface area contributed by atoms with Crippen molar-refractivity contribution in [2.45, 2.75) is 33.0 Å². The van der Waals surface area contributed by atoms with E-state index in [9.17, 15) is 18.0 Å². The van der Waals surface area contributed by atoms with E-state index in [0.29, 0.717) is 4.57 Å². The number of carbonyl (C=O) groups is 1. The van der Waals surface area contributed by atoms with Gasteiger partial charge in [-0.25, -0.2) is 4.98 Å². The quantitative estimate of drug-likeness (QED) is 0.727. The number of para-hydroxylation sites is 1. The first-order valence-electron chi connectivity index (χ1n) is 7.49. The van der Waals surface area contributed by atoms with E-state index in [2.05, 4.69) is 4.98 Å². The molecule has 0 atom stereocenters. The molecule has 0 saturated carbocycles. The minimum atomic E-state index is -4.82. The number of halogens is 5. The van der Waals surface area contributed by atoms with Gasteiger partial charge < -0.3 is 4.90 Å². The lowest BCUT2D eigenvalue weighted by molar-refractivity contribution is -0.142. The number of aromatic nitrogens is 2. The second-order valence-electron chi connectivity index (χ2n) is 5.56. The standard InChI is InChI=1S/C16H16Cl2F3N3O/c1-4-23(9(2)3)15(25)12-14(16(19,20)21)24(8-22-12)13-10(17)6-5-7-11(13)18/h5-9H,4H2,1-3H3. The third kappa shape index (κ3) is 3.77. The molecule has 2 rings (SSSR count). The van der Waals surface area contributed by atoms with Crippen LogP contribution in [0.1, 0.15) is 37.0 Å². The highest BCUT2D eigenvalue weighted by atomic mass is 35.5. The van der Waals surface area contributed by atoms with Crippen LogP contribution in [0.5, 0.6) is 0 Å². The van der Waals surface area contributed by atoms with Gasteiger partial charge in [0.15, 0.2) is 11.4 Å². The Morgan fingerprint density at radius 1 is 1.28 bits per heavy atom. The number of hydrogen-bond acceptors (Lipinski definition) is 2. The maximum Gasteiger partial charge on any atom is 0.434 e. The first kappa shape index (κ1) is 19.6. The van der Waals surface area contributed by atoms with Gasteiger partial charge >= 0.3 is 6.18 Å². The van der Waals surface area contributed by atoms with E-state index in [1.807, 2.05) is 0 Å². The number of hydrogen-bond donors (Lipinski definition) is 0. The van der Waals surface area contributed by atoms with E-state index < -0.39 is 23.5 Å². The van der Waals surface area contributed by atoms with Crippen molar-refractivity contribution < 1.29 is 18.0 Å². The lowest BCUT2D eigenvalue weighted by Gasteiger charge is -2.25. The first-order chi connectivity index (χ1) is 11.6. The number of nitrogens with zero attached hydrogens (tertiary/aromatic N) is 3. The molecule has 0 radical (unpaired) electrons. The summed E-state index contributed by atoms with van der Waals surface area (Å²) in [6.07, 6.45) is -3.91. The van der Waals surface area contributed by atoms with E-state index in [1.54, 1.807) is 20.8 Å². The van der Waals surface area contributed by atoms with Crippen molar-refractivity contribution in [2.24, 2.45) is 0 Å². The largest absolute Gasteiger partial charge is 0.434 e. The Labute approximate surface area is 153 Å². The Bertz CT molecular complexity index is 767. The molecule has 1 aromatic carbocycles. The molecule has 0 aliphatic heterocycles. The molecule has 0 saturated heterocycles. The van der Waals surface area contributed by atoms with E-state index in [1.165, 1.54) is 23.1 Å². The van der Waals surface area contributed by atoms with Gasteiger partial charge in [0, 0.05) is 12.6 Å². The Morgan fingerprint density at radius 2 is 1.84 bits per heavy atom. The maximum absolute atomic E-state index is 13.7. The minimum absolute atomic E-state index is 0.0191. The first-order valence-corrected chi connectivity index (χ1v) is 8.25. The van der Waals surface area contributed by atoms with Crippen LogP contribution < -0.4 is 0 Å². The van der Waals surface area contributed by atoms with Crippen LogP contribution in [0.3, 0.4) is 0 Å². The molecule has 0 unspecified atom stereocenters. The molecule has 1 amide bonds. The number of amides is 1. The molecule has 0 fully saturated rings. The third-order valence-electron chi connectivity index (χ3n) is 3.64. The number of carbonyl (C=O) groups excluding carboxylic acids is 1. The lowest BCUT2D eigenvalue weighted by Crippen LogP contribution is -2.38. The predicted octanol–water partition coefficient (Wildman–Crippen LogP) is 5.07. The van der Waals surface area contributed by atoms with Gasteiger partial charge in [0.1, 0.15) is 6.33 Å². The molecular weight excluding hydrogens is 378 g/mol. The summed E-state index contributed by atoms with van der Waals surface area (Å²) in [7, 11) is 0. The molecule has 25 heavy (non-hydrogen) atoms. The maximum atomic E-state index is 13.7. The Morgan fingerprint density at radius 3 is 2.28 bits per heavy atom. The van der Waals surface area contributed by atoms with Gasteiger partial charge in [0.05, 0.1) is 15.7 Å². The summed E-state index contributed by atoms with van der Waals surface area (Å²) in [6.45, 7) is 5.38. The summed E-state index contributed by atoms with van der Waals surface area (Å²) in [6, 6.07) is 4.07. The van der Waals surface area contributed by atoms with Crippen LogP contribution in [-0.2, 0) is 6.18 Å². The van der Waals surface area contributed by atoms with Gasteiger partial charge in [-0.3, -0.25) is 9.36 Å². The van der Waals surface area contributed by atoms with Gasteiger partial charge in [0.25, 0.3) is 5.91 Å². The highest BCUT2D eigenvalue weighted by Gasteiger charge is 2.42. The molecule has 0 N–H and O–H groups in total. The molecule has 1 aromatic heterocycles. The van der Waals surface area contributed by atoms with E-state index in [4.69, 9.17) is 23.2 Å². The number of alkyl halides is 3. The van der Waals surface area contributed by atoms with E-state index >= 15 is 0 Å². The fourth-order valence-electron chi connectivity index (χ4n) is 2.54. The molecular formula is C16H16Cl2F3N3O. The molecule has 136 valence electrons.